The van der Waals surface area contributed by atoms with E-state index in [-0.39, 0.29) is 5.91 Å². The molecule has 0 aliphatic carbocycles. The molecule has 160 valence electrons. The van der Waals surface area contributed by atoms with Crippen LogP contribution >= 0.6 is 0 Å². The van der Waals surface area contributed by atoms with E-state index in [1.165, 1.54) is 0 Å². The number of nitrogens with one attached hydrogen (secondary N) is 1. The summed E-state index contributed by atoms with van der Waals surface area (Å²) in [6, 6.07) is 9.29. The van der Waals surface area contributed by atoms with Crippen molar-refractivity contribution in [3.8, 4) is 5.69 Å². The molecule has 0 aliphatic heterocycles. The quantitative estimate of drug-likeness (QED) is 0.598. The van der Waals surface area contributed by atoms with Crippen molar-refractivity contribution in [2.75, 3.05) is 11.1 Å². The number of alkyl halides is 3. The van der Waals surface area contributed by atoms with E-state index >= 15 is 0 Å². The number of halogens is 3. The summed E-state index contributed by atoms with van der Waals surface area (Å²) >= 11 is 0. The number of nitrogens with zero attached hydrogens (tertiary/aromatic N) is 3. The van der Waals surface area contributed by atoms with Crippen LogP contribution in [-0.2, 0) is 11.8 Å². The standard InChI is InChI=1S/C17H19N5O.C2HF3O2/c1-11-12(2)22(10-19-11)15-6-4-14(5-7-15)20-17(23)16-8-13(18)9-21(16)3;3-2(4,5)1(6)7/h4-10H,18H2,1-3H3,(H,20,23);(H,6,7). The van der Waals surface area contributed by atoms with Crippen molar-refractivity contribution in [3.63, 3.8) is 0 Å². The van der Waals surface area contributed by atoms with Crippen molar-refractivity contribution in [1.82, 2.24) is 14.1 Å². The fraction of sp³-hybridized carbons (Fsp3) is 0.211. The first-order chi connectivity index (χ1) is 13.9. The highest BCUT2D eigenvalue weighted by molar-refractivity contribution is 6.03. The molecule has 8 nitrogen and oxygen atoms in total. The molecule has 3 rings (SSSR count). The Labute approximate surface area is 169 Å². The van der Waals surface area contributed by atoms with Crippen molar-refractivity contribution < 1.29 is 27.9 Å². The Bertz CT molecular complexity index is 1050. The topological polar surface area (TPSA) is 115 Å². The Morgan fingerprint density at radius 3 is 2.13 bits per heavy atom. The van der Waals surface area contributed by atoms with Gasteiger partial charge in [-0.05, 0) is 44.2 Å². The summed E-state index contributed by atoms with van der Waals surface area (Å²) in [5.41, 5.74) is 10.6. The molecule has 0 fully saturated rings. The molecule has 0 bridgehead atoms. The number of benzene rings is 1. The van der Waals surface area contributed by atoms with Gasteiger partial charge < -0.3 is 25.3 Å². The van der Waals surface area contributed by atoms with Crippen molar-refractivity contribution in [3.05, 3.63) is 59.9 Å². The van der Waals surface area contributed by atoms with E-state index in [9.17, 15) is 18.0 Å². The molecule has 1 aromatic carbocycles. The van der Waals surface area contributed by atoms with E-state index in [0.717, 1.165) is 22.8 Å². The number of imidazole rings is 1. The van der Waals surface area contributed by atoms with E-state index in [0.29, 0.717) is 11.4 Å². The lowest BCUT2D eigenvalue weighted by atomic mass is 10.2. The predicted molar refractivity (Wildman–Crippen MR) is 105 cm³/mol. The molecule has 4 N–H and O–H groups in total. The number of carboxylic acid groups (broad SMARTS) is 1. The molecular weight excluding hydrogens is 403 g/mol. The summed E-state index contributed by atoms with van der Waals surface area (Å²) in [5.74, 6) is -2.95. The molecule has 11 heteroatoms. The highest BCUT2D eigenvalue weighted by Crippen LogP contribution is 2.18. The zero-order valence-electron chi connectivity index (χ0n) is 16.4. The van der Waals surface area contributed by atoms with Gasteiger partial charge in [-0.1, -0.05) is 0 Å². The van der Waals surface area contributed by atoms with Crippen LogP contribution < -0.4 is 11.1 Å². The first-order valence-corrected chi connectivity index (χ1v) is 8.54. The molecule has 0 spiro atoms. The minimum atomic E-state index is -5.08. The number of hydrogen-bond acceptors (Lipinski definition) is 4. The van der Waals surface area contributed by atoms with Crippen LogP contribution in [0.15, 0.2) is 42.9 Å². The molecule has 2 heterocycles. The van der Waals surface area contributed by atoms with Gasteiger partial charge in [-0.3, -0.25) is 4.79 Å². The van der Waals surface area contributed by atoms with Crippen LogP contribution in [0.2, 0.25) is 0 Å². The van der Waals surface area contributed by atoms with Gasteiger partial charge in [0.2, 0.25) is 0 Å². The van der Waals surface area contributed by atoms with Crippen molar-refractivity contribution in [2.45, 2.75) is 20.0 Å². The van der Waals surface area contributed by atoms with E-state index in [4.69, 9.17) is 15.6 Å². The number of aliphatic carboxylic acids is 1. The lowest BCUT2D eigenvalue weighted by Gasteiger charge is -2.09. The lowest BCUT2D eigenvalue weighted by Crippen LogP contribution is -2.21. The van der Waals surface area contributed by atoms with Gasteiger partial charge in [0.1, 0.15) is 5.69 Å². The smallest absolute Gasteiger partial charge is 0.475 e. The van der Waals surface area contributed by atoms with E-state index in [2.05, 4.69) is 10.3 Å². The molecule has 3 aromatic rings. The van der Waals surface area contributed by atoms with Gasteiger partial charge in [-0.15, -0.1) is 0 Å². The average molecular weight is 423 g/mol. The molecule has 2 aromatic heterocycles. The Morgan fingerprint density at radius 1 is 1.17 bits per heavy atom. The zero-order chi connectivity index (χ0) is 22.6. The van der Waals surface area contributed by atoms with Gasteiger partial charge in [-0.25, -0.2) is 9.78 Å². The maximum Gasteiger partial charge on any atom is 0.490 e. The molecule has 0 radical (unpaired) electrons. The Hall–Kier alpha value is -3.76. The summed E-state index contributed by atoms with van der Waals surface area (Å²) in [5, 5.41) is 10.00. The maximum absolute atomic E-state index is 12.3. The van der Waals surface area contributed by atoms with Gasteiger partial charge in [0.15, 0.2) is 0 Å². The second-order valence-corrected chi connectivity index (χ2v) is 6.36. The van der Waals surface area contributed by atoms with Crippen LogP contribution in [0.3, 0.4) is 0 Å². The monoisotopic (exact) mass is 423 g/mol. The number of aryl methyl sites for hydroxylation is 2. The van der Waals surface area contributed by atoms with Gasteiger partial charge in [0.05, 0.1) is 17.7 Å². The molecule has 0 saturated carbocycles. The maximum atomic E-state index is 12.3. The first kappa shape index (κ1) is 22.5. The summed E-state index contributed by atoms with van der Waals surface area (Å²) in [7, 11) is 1.79. The number of carboxylic acids is 1. The Morgan fingerprint density at radius 2 is 1.73 bits per heavy atom. The Kier molecular flexibility index (Phi) is 6.55. The summed E-state index contributed by atoms with van der Waals surface area (Å²) in [6.45, 7) is 4.00. The molecule has 1 amide bonds. The third-order valence-electron chi connectivity index (χ3n) is 4.16. The van der Waals surface area contributed by atoms with Crippen molar-refractivity contribution in [1.29, 1.82) is 0 Å². The van der Waals surface area contributed by atoms with Crippen LogP contribution in [0.4, 0.5) is 24.5 Å². The van der Waals surface area contributed by atoms with Gasteiger partial charge >= 0.3 is 12.1 Å². The number of aromatic nitrogens is 3. The summed E-state index contributed by atoms with van der Waals surface area (Å²) in [4.78, 5) is 25.4. The van der Waals surface area contributed by atoms with Crippen LogP contribution in [0.1, 0.15) is 21.9 Å². The second kappa shape index (κ2) is 8.72. The number of amides is 1. The lowest BCUT2D eigenvalue weighted by molar-refractivity contribution is -0.192. The predicted octanol–water partition coefficient (Wildman–Crippen LogP) is 3.30. The van der Waals surface area contributed by atoms with Crippen LogP contribution in [-0.4, -0.2) is 37.3 Å². The zero-order valence-corrected chi connectivity index (χ0v) is 16.4. The molecule has 0 aliphatic rings. The van der Waals surface area contributed by atoms with Crippen molar-refractivity contribution in [2.24, 2.45) is 7.05 Å². The third-order valence-corrected chi connectivity index (χ3v) is 4.16. The first-order valence-electron chi connectivity index (χ1n) is 8.54. The van der Waals surface area contributed by atoms with E-state index in [1.54, 1.807) is 30.2 Å². The van der Waals surface area contributed by atoms with Gasteiger partial charge in [-0.2, -0.15) is 13.2 Å². The van der Waals surface area contributed by atoms with E-state index < -0.39 is 12.1 Å². The molecule has 0 atom stereocenters. The molecule has 0 unspecified atom stereocenters. The molecule has 0 saturated heterocycles. The molecular formula is C19H20F3N5O3. The number of anilines is 2. The fourth-order valence-electron chi connectivity index (χ4n) is 2.48. The Balaban J connectivity index is 0.000000396. The van der Waals surface area contributed by atoms with Gasteiger partial charge in [0, 0.05) is 30.3 Å². The van der Waals surface area contributed by atoms with Crippen LogP contribution in [0.25, 0.3) is 5.69 Å². The largest absolute Gasteiger partial charge is 0.490 e. The average Bonchev–Trinajstić information content (AvgIpc) is 3.17. The van der Waals surface area contributed by atoms with E-state index in [1.807, 2.05) is 42.7 Å². The minimum absolute atomic E-state index is 0.188. The number of nitrogen functional groups attached to an aromatic ring is 1. The third kappa shape index (κ3) is 5.40. The number of carbonyl (C=O) groups is 2. The second-order valence-electron chi connectivity index (χ2n) is 6.36. The summed E-state index contributed by atoms with van der Waals surface area (Å²) in [6.07, 6.45) is -1.58. The highest BCUT2D eigenvalue weighted by atomic mass is 19.4. The number of nitrogens with two attached hydrogens (primary N) is 1. The highest BCUT2D eigenvalue weighted by Gasteiger charge is 2.38. The normalized spacial score (nSPS) is 10.9. The van der Waals surface area contributed by atoms with Gasteiger partial charge in [0.25, 0.3) is 5.91 Å². The summed E-state index contributed by atoms with van der Waals surface area (Å²) < 4.78 is 35.5. The fourth-order valence-corrected chi connectivity index (χ4v) is 2.48. The number of hydrogen-bond donors (Lipinski definition) is 3. The van der Waals surface area contributed by atoms with Crippen molar-refractivity contribution >= 4 is 23.3 Å². The van der Waals surface area contributed by atoms with Crippen LogP contribution in [0, 0.1) is 13.8 Å². The SMILES string of the molecule is Cc1ncn(-c2ccc(NC(=O)c3cc(N)cn3C)cc2)c1C.O=C(O)C(F)(F)F. The number of rotatable bonds is 3. The van der Waals surface area contributed by atoms with Crippen LogP contribution in [0.5, 0.6) is 0 Å². The molecule has 30 heavy (non-hydrogen) atoms. The minimum Gasteiger partial charge on any atom is -0.475 e. The number of carbonyl (C=O) groups excluding carboxylic acids is 1.